The van der Waals surface area contributed by atoms with Gasteiger partial charge in [0.2, 0.25) is 0 Å². The van der Waals surface area contributed by atoms with Gasteiger partial charge in [-0.1, -0.05) is 62.4 Å². The average Bonchev–Trinajstić information content (AvgIpc) is 3.14. The Kier molecular flexibility index (Phi) is 11.3. The molecule has 0 aromatic heterocycles. The lowest BCUT2D eigenvalue weighted by molar-refractivity contribution is -0.346. The number of fused-ring (bicyclic) bond motifs is 5. The van der Waals surface area contributed by atoms with Gasteiger partial charge in [-0.15, -0.1) is 0 Å². The Hall–Kier alpha value is -4.63. The van der Waals surface area contributed by atoms with Crippen LogP contribution in [0.4, 0.5) is 4.79 Å². The van der Waals surface area contributed by atoms with Crippen molar-refractivity contribution in [1.29, 1.82) is 0 Å². The van der Waals surface area contributed by atoms with Crippen molar-refractivity contribution in [3.05, 3.63) is 82.9 Å². The van der Waals surface area contributed by atoms with E-state index in [-0.39, 0.29) is 29.7 Å². The predicted octanol–water partition coefficient (Wildman–Crippen LogP) is 4.53. The van der Waals surface area contributed by atoms with E-state index in [9.17, 15) is 39.3 Å². The number of hydrogen-bond acceptors (Lipinski definition) is 13. The maximum Gasteiger partial charge on any atom is 0.408 e. The summed E-state index contributed by atoms with van der Waals surface area (Å²) in [4.78, 5) is 69.4. The van der Waals surface area contributed by atoms with Crippen LogP contribution in [0.5, 0.6) is 0 Å². The molecule has 14 heteroatoms. The minimum atomic E-state index is -2.27. The second-order valence-electron chi connectivity index (χ2n) is 17.9. The van der Waals surface area contributed by atoms with Crippen LogP contribution in [0.3, 0.4) is 0 Å². The highest BCUT2D eigenvalue weighted by Gasteiger charge is 2.78. The molecule has 1 unspecified atom stereocenters. The van der Waals surface area contributed by atoms with Crippen molar-refractivity contribution in [1.82, 2.24) is 5.32 Å². The molecule has 6 rings (SSSR count). The smallest absolute Gasteiger partial charge is 0.408 e. The van der Waals surface area contributed by atoms with Gasteiger partial charge in [0.25, 0.3) is 0 Å². The zero-order valence-electron chi connectivity index (χ0n) is 34.4. The Morgan fingerprint density at radius 2 is 1.55 bits per heavy atom. The predicted molar refractivity (Wildman–Crippen MR) is 207 cm³/mol. The number of alkyl carbamates (subject to hydrolysis) is 1. The van der Waals surface area contributed by atoms with Crippen molar-refractivity contribution in [3.63, 3.8) is 0 Å². The molecule has 2 saturated carbocycles. The van der Waals surface area contributed by atoms with Gasteiger partial charge < -0.3 is 44.3 Å². The highest BCUT2D eigenvalue weighted by atomic mass is 16.6. The van der Waals surface area contributed by atoms with Crippen LogP contribution in [0, 0.1) is 22.7 Å². The van der Waals surface area contributed by atoms with E-state index in [1.807, 2.05) is 0 Å². The first kappa shape index (κ1) is 43.0. The van der Waals surface area contributed by atoms with Crippen LogP contribution >= 0.6 is 0 Å². The van der Waals surface area contributed by atoms with Gasteiger partial charge in [-0.3, -0.25) is 14.4 Å². The molecule has 2 bridgehead atoms. The number of amides is 1. The number of Topliss-reactive ketones (excluding diaryl/α,β-unsaturated/α-hetero) is 1. The molecule has 3 aliphatic carbocycles. The summed E-state index contributed by atoms with van der Waals surface area (Å²) in [5.74, 6) is -5.80. The van der Waals surface area contributed by atoms with Crippen molar-refractivity contribution < 1.29 is 63.0 Å². The normalized spacial score (nSPS) is 33.7. The molecule has 3 fully saturated rings. The highest BCUT2D eigenvalue weighted by Crippen LogP contribution is 2.64. The molecule has 4 aliphatic rings. The number of carbonyl (C=O) groups is 5. The molecule has 14 nitrogen and oxygen atoms in total. The molecule has 58 heavy (non-hydrogen) atoms. The molecule has 2 aromatic carbocycles. The molecular formula is C44H55NO13. The quantitative estimate of drug-likeness (QED) is 0.165. The summed E-state index contributed by atoms with van der Waals surface area (Å²) in [6.07, 6.45) is -8.79. The summed E-state index contributed by atoms with van der Waals surface area (Å²) in [6.45, 7) is 13.8. The third-order valence-corrected chi connectivity index (χ3v) is 12.9. The van der Waals surface area contributed by atoms with Gasteiger partial charge in [0.05, 0.1) is 41.6 Å². The third kappa shape index (κ3) is 7.11. The first-order valence-corrected chi connectivity index (χ1v) is 19.7. The Bertz CT molecular complexity index is 1970. The fourth-order valence-electron chi connectivity index (χ4n) is 9.75. The van der Waals surface area contributed by atoms with Crippen LogP contribution in [0.2, 0.25) is 0 Å². The number of ether oxygens (including phenoxy) is 5. The SMILES string of the molecule is CC(=O)O[C@@]12CO[C@@H]1C[C@H](O)[C@@]1(C)C(=O)[C@H](O)C3=C(C)[C@@H](OC(=O)[C@H](C)[C@@H](NC(=O)OC(C)(C)C)c4ccccc4)C[C@@](O)([C@@H](OC(=O)c4ccccc4)C12)C3(C)C. The number of rotatable bonds is 8. The van der Waals surface area contributed by atoms with E-state index in [2.05, 4.69) is 5.32 Å². The molecule has 1 heterocycles. The first-order valence-electron chi connectivity index (χ1n) is 19.7. The molecule has 2 aromatic rings. The van der Waals surface area contributed by atoms with Gasteiger partial charge in [-0.25, -0.2) is 9.59 Å². The van der Waals surface area contributed by atoms with Crippen molar-refractivity contribution in [2.24, 2.45) is 22.7 Å². The lowest BCUT2D eigenvalue weighted by atomic mass is 9.44. The second-order valence-corrected chi connectivity index (χ2v) is 17.9. The molecule has 4 N–H and O–H groups in total. The van der Waals surface area contributed by atoms with Gasteiger partial charge in [0.15, 0.2) is 11.4 Å². The zero-order valence-corrected chi connectivity index (χ0v) is 34.4. The maximum absolute atomic E-state index is 15.0. The summed E-state index contributed by atoms with van der Waals surface area (Å²) in [5, 5.41) is 40.4. The van der Waals surface area contributed by atoms with Crippen LogP contribution in [0.1, 0.15) is 97.1 Å². The van der Waals surface area contributed by atoms with Crippen molar-refractivity contribution >= 4 is 29.8 Å². The fraction of sp³-hybridized carbons (Fsp3) is 0.568. The molecule has 1 saturated heterocycles. The number of nitrogens with one attached hydrogen (secondary N) is 1. The number of carbonyl (C=O) groups excluding carboxylic acids is 5. The maximum atomic E-state index is 15.0. The van der Waals surface area contributed by atoms with Crippen LogP contribution in [0.25, 0.3) is 0 Å². The monoisotopic (exact) mass is 805 g/mol. The van der Waals surface area contributed by atoms with Gasteiger partial charge in [-0.2, -0.15) is 0 Å². The molecule has 0 radical (unpaired) electrons. The van der Waals surface area contributed by atoms with E-state index >= 15 is 0 Å². The van der Waals surface area contributed by atoms with Crippen molar-refractivity contribution in [2.75, 3.05) is 6.61 Å². The van der Waals surface area contributed by atoms with E-state index in [1.165, 1.54) is 26.0 Å². The highest BCUT2D eigenvalue weighted by molar-refractivity contribution is 5.94. The first-order chi connectivity index (χ1) is 27.0. The van der Waals surface area contributed by atoms with Gasteiger partial charge >= 0.3 is 24.0 Å². The summed E-state index contributed by atoms with van der Waals surface area (Å²) >= 11 is 0. The van der Waals surface area contributed by atoms with Crippen LogP contribution in [-0.4, -0.2) is 99.0 Å². The largest absolute Gasteiger partial charge is 0.457 e. The summed E-state index contributed by atoms with van der Waals surface area (Å²) in [7, 11) is 0. The number of ketones is 1. The molecule has 1 amide bonds. The molecule has 314 valence electrons. The minimum absolute atomic E-state index is 0.0179. The van der Waals surface area contributed by atoms with Crippen LogP contribution in [0.15, 0.2) is 71.8 Å². The van der Waals surface area contributed by atoms with E-state index in [1.54, 1.807) is 97.0 Å². The number of hydrogen-bond donors (Lipinski definition) is 4. The van der Waals surface area contributed by atoms with Crippen molar-refractivity contribution in [3.8, 4) is 0 Å². The average molecular weight is 806 g/mol. The Labute approximate surface area is 338 Å². The van der Waals surface area contributed by atoms with Gasteiger partial charge in [0, 0.05) is 25.2 Å². The third-order valence-electron chi connectivity index (χ3n) is 12.9. The Morgan fingerprint density at radius 1 is 0.948 bits per heavy atom. The van der Waals surface area contributed by atoms with E-state index < -0.39 is 112 Å². The van der Waals surface area contributed by atoms with E-state index in [0.717, 1.165) is 0 Å². The Morgan fingerprint density at radius 3 is 2.10 bits per heavy atom. The van der Waals surface area contributed by atoms with Gasteiger partial charge in [-0.05, 0) is 70.4 Å². The summed E-state index contributed by atoms with van der Waals surface area (Å²) in [6, 6.07) is 15.8. The van der Waals surface area contributed by atoms with Crippen LogP contribution in [-0.2, 0) is 38.1 Å². The topological polar surface area (TPSA) is 204 Å². The minimum Gasteiger partial charge on any atom is -0.457 e. The fourth-order valence-corrected chi connectivity index (χ4v) is 9.75. The molecular weight excluding hydrogens is 750 g/mol. The number of esters is 3. The number of aliphatic hydroxyl groups is 3. The molecule has 1 aliphatic heterocycles. The van der Waals surface area contributed by atoms with Gasteiger partial charge in [0.1, 0.15) is 35.6 Å². The van der Waals surface area contributed by atoms with Crippen molar-refractivity contribution in [2.45, 2.75) is 129 Å². The second kappa shape index (κ2) is 15.2. The van der Waals surface area contributed by atoms with E-state index in [4.69, 9.17) is 23.7 Å². The Balaban J connectivity index is 1.49. The summed E-state index contributed by atoms with van der Waals surface area (Å²) < 4.78 is 30.0. The van der Waals surface area contributed by atoms with Crippen LogP contribution < -0.4 is 5.32 Å². The summed E-state index contributed by atoms with van der Waals surface area (Å²) in [5.41, 5.74) is -7.35. The molecule has 0 spiro atoms. The van der Waals surface area contributed by atoms with E-state index in [0.29, 0.717) is 5.56 Å². The lowest BCUT2D eigenvalue weighted by Crippen LogP contribution is -2.81. The molecule has 11 atom stereocenters. The number of aliphatic hydroxyl groups excluding tert-OH is 2. The lowest BCUT2D eigenvalue weighted by Gasteiger charge is -2.67. The zero-order chi connectivity index (χ0) is 42.7. The number of benzene rings is 2. The standard InChI is InChI=1S/C44H55NO13/c1-23-28(55-37(50)24(2)32(26-16-12-10-13-17-26)45-39(52)58-40(4,5)6)21-44(53)36(56-38(51)27-18-14-11-15-19-27)34-42(9,35(49)33(48)31(23)41(44,7)8)29(47)20-30-43(34,22-54-30)57-25(3)46/h10-19,24,28-30,32-34,36,47-48,53H,20-22H2,1-9H3,(H,45,52)/t24-,28+,29+,30-,32-,33-,34?,36+,42-,43+,44-/m1/s1.